The van der Waals surface area contributed by atoms with Gasteiger partial charge in [-0.15, -0.1) is 0 Å². The van der Waals surface area contributed by atoms with Crippen LogP contribution in [0.25, 0.3) is 16.7 Å². The number of ether oxygens (including phenoxy) is 1. The number of hydrogen-bond acceptors (Lipinski definition) is 5. The maximum absolute atomic E-state index is 13.7. The molecule has 5 rings (SSSR count). The number of carbonyl (C=O) groups is 1. The van der Waals surface area contributed by atoms with Crippen LogP contribution in [0.1, 0.15) is 45.9 Å². The number of fused-ring (bicyclic) bond motifs is 1. The molecule has 1 fully saturated rings. The Morgan fingerprint density at radius 3 is 2.42 bits per heavy atom. The van der Waals surface area contributed by atoms with Gasteiger partial charge in [0, 0.05) is 11.6 Å². The quantitative estimate of drug-likeness (QED) is 0.386. The third-order valence-corrected chi connectivity index (χ3v) is 6.12. The topological polar surface area (TPSA) is 83.2 Å². The third-order valence-electron chi connectivity index (χ3n) is 6.12. The number of esters is 1. The Kier molecular flexibility index (Phi) is 5.74. The standard InChI is InChI=1S/C26H20F3N3O4/c1-36-24(34)19-13-20(16-10-11-16)30-22-21(19)23(33)31(25(35)32(22)18-8-3-2-4-9-18)14-15-6-5-7-17(12-15)26(27,28)29/h2-9,12-13,16H,10-11,14H2,1H3. The Bertz CT molecular complexity index is 1600. The first-order valence-electron chi connectivity index (χ1n) is 11.2. The van der Waals surface area contributed by atoms with Crippen molar-refractivity contribution in [2.75, 3.05) is 7.11 Å². The van der Waals surface area contributed by atoms with Gasteiger partial charge >= 0.3 is 17.8 Å². The smallest absolute Gasteiger partial charge is 0.416 e. The van der Waals surface area contributed by atoms with Gasteiger partial charge in [-0.3, -0.25) is 9.36 Å². The highest BCUT2D eigenvalue weighted by atomic mass is 19.4. The number of rotatable bonds is 5. The summed E-state index contributed by atoms with van der Waals surface area (Å²) in [6.07, 6.45) is -2.86. The maximum Gasteiger partial charge on any atom is 0.416 e. The summed E-state index contributed by atoms with van der Waals surface area (Å²) in [4.78, 5) is 44.6. The van der Waals surface area contributed by atoms with Crippen molar-refractivity contribution >= 4 is 17.0 Å². The van der Waals surface area contributed by atoms with Crippen molar-refractivity contribution in [3.8, 4) is 5.69 Å². The first-order chi connectivity index (χ1) is 17.2. The van der Waals surface area contributed by atoms with E-state index in [1.54, 1.807) is 30.3 Å². The fraction of sp³-hybridized carbons (Fsp3) is 0.231. The van der Waals surface area contributed by atoms with E-state index < -0.39 is 35.5 Å². The van der Waals surface area contributed by atoms with Crippen LogP contribution in [-0.2, 0) is 17.5 Å². The zero-order chi connectivity index (χ0) is 25.6. The van der Waals surface area contributed by atoms with Crippen molar-refractivity contribution in [1.82, 2.24) is 14.1 Å². The van der Waals surface area contributed by atoms with Gasteiger partial charge in [0.25, 0.3) is 5.56 Å². The molecule has 36 heavy (non-hydrogen) atoms. The minimum absolute atomic E-state index is 0.00120. The molecule has 2 aromatic carbocycles. The molecule has 0 unspecified atom stereocenters. The third kappa shape index (κ3) is 4.19. The number of halogens is 3. The van der Waals surface area contributed by atoms with Crippen LogP contribution in [-0.4, -0.2) is 27.2 Å². The molecule has 10 heteroatoms. The van der Waals surface area contributed by atoms with Crippen LogP contribution in [0.15, 0.2) is 70.3 Å². The molecule has 1 saturated carbocycles. The Morgan fingerprint density at radius 1 is 1.06 bits per heavy atom. The Hall–Kier alpha value is -4.21. The van der Waals surface area contributed by atoms with E-state index in [0.29, 0.717) is 11.4 Å². The highest BCUT2D eigenvalue weighted by Crippen LogP contribution is 2.40. The van der Waals surface area contributed by atoms with Crippen molar-refractivity contribution in [3.63, 3.8) is 0 Å². The number of carbonyl (C=O) groups excluding carboxylic acids is 1. The van der Waals surface area contributed by atoms with Gasteiger partial charge in [0.1, 0.15) is 0 Å². The molecule has 0 atom stereocenters. The fourth-order valence-electron chi connectivity index (χ4n) is 4.19. The molecule has 2 aromatic heterocycles. The van der Waals surface area contributed by atoms with Crippen molar-refractivity contribution in [2.24, 2.45) is 0 Å². The van der Waals surface area contributed by atoms with Gasteiger partial charge < -0.3 is 4.74 Å². The molecule has 7 nitrogen and oxygen atoms in total. The molecular formula is C26H20F3N3O4. The Labute approximate surface area is 202 Å². The normalized spacial score (nSPS) is 13.7. The van der Waals surface area contributed by atoms with E-state index in [2.05, 4.69) is 4.98 Å². The number of nitrogens with zero attached hydrogens (tertiary/aromatic N) is 3. The van der Waals surface area contributed by atoms with Crippen LogP contribution >= 0.6 is 0 Å². The summed E-state index contributed by atoms with van der Waals surface area (Å²) in [5.74, 6) is -0.671. The number of pyridine rings is 1. The summed E-state index contributed by atoms with van der Waals surface area (Å²) in [6, 6.07) is 14.3. The fourth-order valence-corrected chi connectivity index (χ4v) is 4.19. The van der Waals surface area contributed by atoms with Crippen molar-refractivity contribution in [3.05, 3.63) is 104 Å². The number of alkyl halides is 3. The average Bonchev–Trinajstić information content (AvgIpc) is 3.71. The van der Waals surface area contributed by atoms with Crippen LogP contribution in [0.2, 0.25) is 0 Å². The molecular weight excluding hydrogens is 475 g/mol. The summed E-state index contributed by atoms with van der Waals surface area (Å²) < 4.78 is 46.7. The Morgan fingerprint density at radius 2 is 1.78 bits per heavy atom. The molecule has 0 amide bonds. The van der Waals surface area contributed by atoms with Gasteiger partial charge in [0.2, 0.25) is 0 Å². The minimum atomic E-state index is -4.59. The van der Waals surface area contributed by atoms with Crippen LogP contribution < -0.4 is 11.2 Å². The van der Waals surface area contributed by atoms with E-state index in [9.17, 15) is 27.6 Å². The van der Waals surface area contributed by atoms with E-state index in [4.69, 9.17) is 4.74 Å². The lowest BCUT2D eigenvalue weighted by molar-refractivity contribution is -0.137. The SMILES string of the molecule is COC(=O)c1cc(C2CC2)nc2c1c(=O)n(Cc1cccc(C(F)(F)F)c1)c(=O)n2-c1ccccc1. The number of benzene rings is 2. The van der Waals surface area contributed by atoms with Crippen LogP contribution in [0, 0.1) is 0 Å². The maximum atomic E-state index is 13.7. The molecule has 0 radical (unpaired) electrons. The Balaban J connectivity index is 1.83. The van der Waals surface area contributed by atoms with Gasteiger partial charge in [-0.25, -0.2) is 19.1 Å². The molecule has 1 aliphatic carbocycles. The van der Waals surface area contributed by atoms with Crippen molar-refractivity contribution in [1.29, 1.82) is 0 Å². The molecule has 184 valence electrons. The second-order valence-corrected chi connectivity index (χ2v) is 8.60. The summed E-state index contributed by atoms with van der Waals surface area (Å²) in [5.41, 5.74) is -1.50. The first kappa shape index (κ1) is 23.5. The van der Waals surface area contributed by atoms with Gasteiger partial charge in [0.05, 0.1) is 35.9 Å². The number of aromatic nitrogens is 3. The van der Waals surface area contributed by atoms with Crippen LogP contribution in [0.5, 0.6) is 0 Å². The molecule has 0 N–H and O–H groups in total. The summed E-state index contributed by atoms with van der Waals surface area (Å²) >= 11 is 0. The van der Waals surface area contributed by atoms with Crippen molar-refractivity contribution in [2.45, 2.75) is 31.5 Å². The zero-order valence-corrected chi connectivity index (χ0v) is 19.1. The second kappa shape index (κ2) is 8.78. The van der Waals surface area contributed by atoms with E-state index in [0.717, 1.165) is 29.5 Å². The molecule has 0 aliphatic heterocycles. The van der Waals surface area contributed by atoms with Crippen LogP contribution in [0.3, 0.4) is 0 Å². The number of para-hydroxylation sites is 1. The van der Waals surface area contributed by atoms with E-state index in [1.165, 1.54) is 29.9 Å². The molecule has 1 aliphatic rings. The first-order valence-corrected chi connectivity index (χ1v) is 11.2. The summed E-state index contributed by atoms with van der Waals surface area (Å²) in [7, 11) is 1.18. The predicted octanol–water partition coefficient (Wildman–Crippen LogP) is 4.28. The van der Waals surface area contributed by atoms with Gasteiger partial charge in [0.15, 0.2) is 5.65 Å². The molecule has 0 saturated heterocycles. The van der Waals surface area contributed by atoms with Gasteiger partial charge in [-0.2, -0.15) is 13.2 Å². The minimum Gasteiger partial charge on any atom is -0.465 e. The van der Waals surface area contributed by atoms with E-state index >= 15 is 0 Å². The zero-order valence-electron chi connectivity index (χ0n) is 19.1. The lowest BCUT2D eigenvalue weighted by atomic mass is 10.1. The second-order valence-electron chi connectivity index (χ2n) is 8.60. The van der Waals surface area contributed by atoms with Gasteiger partial charge in [-0.1, -0.05) is 30.3 Å². The van der Waals surface area contributed by atoms with E-state index in [-0.39, 0.29) is 28.1 Å². The van der Waals surface area contributed by atoms with E-state index in [1.807, 2.05) is 0 Å². The molecule has 0 spiro atoms. The molecule has 4 aromatic rings. The number of methoxy groups -OCH3 is 1. The summed E-state index contributed by atoms with van der Waals surface area (Å²) in [6.45, 7) is -0.435. The lowest BCUT2D eigenvalue weighted by Gasteiger charge is -2.16. The summed E-state index contributed by atoms with van der Waals surface area (Å²) in [5, 5.41) is -0.137. The average molecular weight is 495 g/mol. The van der Waals surface area contributed by atoms with Crippen molar-refractivity contribution < 1.29 is 22.7 Å². The van der Waals surface area contributed by atoms with Crippen LogP contribution in [0.4, 0.5) is 13.2 Å². The van der Waals surface area contributed by atoms with Gasteiger partial charge in [-0.05, 0) is 48.7 Å². The largest absolute Gasteiger partial charge is 0.465 e. The lowest BCUT2D eigenvalue weighted by Crippen LogP contribution is -2.41. The monoisotopic (exact) mass is 495 g/mol. The highest BCUT2D eigenvalue weighted by molar-refractivity contribution is 6.02. The number of hydrogen-bond donors (Lipinski definition) is 0. The predicted molar refractivity (Wildman–Crippen MR) is 125 cm³/mol. The highest BCUT2D eigenvalue weighted by Gasteiger charge is 2.31. The molecule has 0 bridgehead atoms. The molecule has 2 heterocycles.